The predicted octanol–water partition coefficient (Wildman–Crippen LogP) is 2.91. The van der Waals surface area contributed by atoms with Crippen LogP contribution in [0.4, 0.5) is 5.69 Å². The standard InChI is InChI=1S/C14H12N2S/c15-14(17)16-13-7-3-6-11-10-5-2-1-4-9(10)8-12(11)13/h1-7H,8H2,(H3,15,16,17). The Balaban J connectivity index is 2.14. The lowest BCUT2D eigenvalue weighted by Crippen LogP contribution is -2.19. The molecule has 0 heterocycles. The van der Waals surface area contributed by atoms with Crippen molar-refractivity contribution in [3.8, 4) is 11.1 Å². The van der Waals surface area contributed by atoms with Gasteiger partial charge in [-0.15, -0.1) is 0 Å². The van der Waals surface area contributed by atoms with E-state index in [1.165, 1.54) is 22.3 Å². The molecule has 0 unspecified atom stereocenters. The third-order valence-corrected chi connectivity index (χ3v) is 3.21. The molecule has 0 aromatic heterocycles. The molecule has 1 aliphatic carbocycles. The van der Waals surface area contributed by atoms with E-state index in [1.54, 1.807) is 0 Å². The van der Waals surface area contributed by atoms with Crippen LogP contribution in [-0.2, 0) is 6.42 Å². The molecule has 1 aliphatic rings. The zero-order valence-corrected chi connectivity index (χ0v) is 10.1. The Hall–Kier alpha value is -1.87. The van der Waals surface area contributed by atoms with E-state index in [0.717, 1.165) is 12.1 Å². The summed E-state index contributed by atoms with van der Waals surface area (Å²) in [5.41, 5.74) is 11.8. The molecule has 84 valence electrons. The van der Waals surface area contributed by atoms with E-state index in [1.807, 2.05) is 12.1 Å². The second-order valence-corrected chi connectivity index (χ2v) is 4.59. The van der Waals surface area contributed by atoms with Crippen molar-refractivity contribution in [2.45, 2.75) is 6.42 Å². The largest absolute Gasteiger partial charge is 0.376 e. The maximum atomic E-state index is 5.54. The van der Waals surface area contributed by atoms with Crippen LogP contribution in [0.15, 0.2) is 42.5 Å². The fourth-order valence-corrected chi connectivity index (χ4v) is 2.52. The average Bonchev–Trinajstić information content (AvgIpc) is 2.68. The molecule has 0 saturated carbocycles. The lowest BCUT2D eigenvalue weighted by molar-refractivity contribution is 1.26. The van der Waals surface area contributed by atoms with Gasteiger partial charge < -0.3 is 11.1 Å². The third-order valence-electron chi connectivity index (χ3n) is 3.11. The van der Waals surface area contributed by atoms with Gasteiger partial charge in [-0.05, 0) is 40.5 Å². The summed E-state index contributed by atoms with van der Waals surface area (Å²) in [4.78, 5) is 0. The van der Waals surface area contributed by atoms with E-state index in [9.17, 15) is 0 Å². The van der Waals surface area contributed by atoms with E-state index in [-0.39, 0.29) is 0 Å². The highest BCUT2D eigenvalue weighted by molar-refractivity contribution is 7.80. The Labute approximate surface area is 105 Å². The Kier molecular flexibility index (Phi) is 2.34. The molecule has 2 nitrogen and oxygen atoms in total. The average molecular weight is 240 g/mol. The fraction of sp³-hybridized carbons (Fsp3) is 0.0714. The van der Waals surface area contributed by atoms with Gasteiger partial charge in [-0.2, -0.15) is 0 Å². The molecule has 0 atom stereocenters. The van der Waals surface area contributed by atoms with Crippen LogP contribution in [0.2, 0.25) is 0 Å². The second kappa shape index (κ2) is 3.86. The first-order valence-corrected chi connectivity index (χ1v) is 5.93. The molecule has 0 fully saturated rings. The molecule has 17 heavy (non-hydrogen) atoms. The second-order valence-electron chi connectivity index (χ2n) is 4.15. The number of nitrogens with two attached hydrogens (primary N) is 1. The number of rotatable bonds is 1. The van der Waals surface area contributed by atoms with Crippen LogP contribution >= 0.6 is 12.2 Å². The molecule has 0 radical (unpaired) electrons. The van der Waals surface area contributed by atoms with Gasteiger partial charge in [0.15, 0.2) is 5.11 Å². The van der Waals surface area contributed by atoms with E-state index in [0.29, 0.717) is 5.11 Å². The van der Waals surface area contributed by atoms with Gasteiger partial charge in [0, 0.05) is 12.1 Å². The summed E-state index contributed by atoms with van der Waals surface area (Å²) in [5, 5.41) is 3.36. The first-order valence-electron chi connectivity index (χ1n) is 5.52. The maximum absolute atomic E-state index is 5.54. The number of fused-ring (bicyclic) bond motifs is 3. The van der Waals surface area contributed by atoms with Crippen molar-refractivity contribution in [3.63, 3.8) is 0 Å². The number of hydrogen-bond acceptors (Lipinski definition) is 1. The number of thiocarbonyl (C=S) groups is 1. The molecular formula is C14H12N2S. The summed E-state index contributed by atoms with van der Waals surface area (Å²) in [6, 6.07) is 14.7. The predicted molar refractivity (Wildman–Crippen MR) is 75.1 cm³/mol. The molecule has 0 bridgehead atoms. The van der Waals surface area contributed by atoms with Gasteiger partial charge in [-0.25, -0.2) is 0 Å². The molecule has 2 aromatic carbocycles. The normalized spacial score (nSPS) is 11.8. The summed E-state index contributed by atoms with van der Waals surface area (Å²) in [5.74, 6) is 0. The third kappa shape index (κ3) is 1.68. The number of anilines is 1. The molecule has 0 spiro atoms. The molecule has 0 saturated heterocycles. The number of nitrogens with one attached hydrogen (secondary N) is 1. The van der Waals surface area contributed by atoms with Crippen molar-refractivity contribution in [1.29, 1.82) is 0 Å². The highest BCUT2D eigenvalue weighted by Gasteiger charge is 2.20. The first-order chi connectivity index (χ1) is 8.25. The van der Waals surface area contributed by atoms with Gasteiger partial charge in [-0.1, -0.05) is 36.4 Å². The summed E-state index contributed by atoms with van der Waals surface area (Å²) in [6.45, 7) is 0. The monoisotopic (exact) mass is 240 g/mol. The van der Waals surface area contributed by atoms with Crippen molar-refractivity contribution < 1.29 is 0 Å². The lowest BCUT2D eigenvalue weighted by Gasteiger charge is -2.09. The summed E-state index contributed by atoms with van der Waals surface area (Å²) < 4.78 is 0. The lowest BCUT2D eigenvalue weighted by atomic mass is 10.1. The van der Waals surface area contributed by atoms with Gasteiger partial charge in [0.05, 0.1) is 0 Å². The zero-order valence-electron chi connectivity index (χ0n) is 9.23. The Morgan fingerprint density at radius 2 is 1.82 bits per heavy atom. The highest BCUT2D eigenvalue weighted by atomic mass is 32.1. The summed E-state index contributed by atoms with van der Waals surface area (Å²) in [6.07, 6.45) is 0.942. The van der Waals surface area contributed by atoms with E-state index in [4.69, 9.17) is 18.0 Å². The molecule has 3 N–H and O–H groups in total. The van der Waals surface area contributed by atoms with E-state index >= 15 is 0 Å². The topological polar surface area (TPSA) is 38.0 Å². The van der Waals surface area contributed by atoms with E-state index < -0.39 is 0 Å². The van der Waals surface area contributed by atoms with E-state index in [2.05, 4.69) is 35.6 Å². The van der Waals surface area contributed by atoms with Crippen LogP contribution in [0.1, 0.15) is 11.1 Å². The van der Waals surface area contributed by atoms with Crippen LogP contribution in [0.25, 0.3) is 11.1 Å². The smallest absolute Gasteiger partial charge is 0.168 e. The highest BCUT2D eigenvalue weighted by Crippen LogP contribution is 2.39. The van der Waals surface area contributed by atoms with Gasteiger partial charge >= 0.3 is 0 Å². The van der Waals surface area contributed by atoms with Crippen LogP contribution < -0.4 is 11.1 Å². The molecule has 3 heteroatoms. The number of benzene rings is 2. The minimum absolute atomic E-state index is 0.314. The fourth-order valence-electron chi connectivity index (χ4n) is 2.41. The Bertz CT molecular complexity index is 605. The van der Waals surface area contributed by atoms with Crippen LogP contribution in [-0.4, -0.2) is 5.11 Å². The quantitative estimate of drug-likeness (QED) is 0.642. The molecule has 2 aromatic rings. The minimum Gasteiger partial charge on any atom is -0.376 e. The molecule has 0 amide bonds. The van der Waals surface area contributed by atoms with Crippen LogP contribution in [0.5, 0.6) is 0 Å². The Morgan fingerprint density at radius 1 is 1.06 bits per heavy atom. The van der Waals surface area contributed by atoms with Crippen molar-refractivity contribution >= 4 is 23.0 Å². The maximum Gasteiger partial charge on any atom is 0.168 e. The van der Waals surface area contributed by atoms with Gasteiger partial charge in [0.25, 0.3) is 0 Å². The van der Waals surface area contributed by atoms with Crippen molar-refractivity contribution in [2.75, 3.05) is 5.32 Å². The molecule has 0 aliphatic heterocycles. The summed E-state index contributed by atoms with van der Waals surface area (Å²) in [7, 11) is 0. The zero-order chi connectivity index (χ0) is 11.8. The van der Waals surface area contributed by atoms with Gasteiger partial charge in [-0.3, -0.25) is 0 Å². The molecule has 3 rings (SSSR count). The van der Waals surface area contributed by atoms with Gasteiger partial charge in [0.2, 0.25) is 0 Å². The van der Waals surface area contributed by atoms with Crippen molar-refractivity contribution in [1.82, 2.24) is 0 Å². The van der Waals surface area contributed by atoms with Gasteiger partial charge in [0.1, 0.15) is 0 Å². The van der Waals surface area contributed by atoms with Crippen LogP contribution in [0.3, 0.4) is 0 Å². The minimum atomic E-state index is 0.314. The van der Waals surface area contributed by atoms with Crippen LogP contribution in [0, 0.1) is 0 Å². The van der Waals surface area contributed by atoms with Crippen molar-refractivity contribution in [2.24, 2.45) is 5.73 Å². The first kappa shape index (κ1) is 10.3. The summed E-state index contributed by atoms with van der Waals surface area (Å²) >= 11 is 4.90. The molecular weight excluding hydrogens is 228 g/mol. The van der Waals surface area contributed by atoms with Crippen molar-refractivity contribution in [3.05, 3.63) is 53.6 Å². The Morgan fingerprint density at radius 3 is 2.65 bits per heavy atom. The number of hydrogen-bond donors (Lipinski definition) is 2. The SMILES string of the molecule is NC(=S)Nc1cccc2c1Cc1ccccc1-2.